The quantitative estimate of drug-likeness (QED) is 0.779. The fourth-order valence-electron chi connectivity index (χ4n) is 2.13. The van der Waals surface area contributed by atoms with Gasteiger partial charge in [0.15, 0.2) is 6.29 Å². The predicted octanol–water partition coefficient (Wildman–Crippen LogP) is 2.22. The Morgan fingerprint density at radius 1 is 1.37 bits per heavy atom. The van der Waals surface area contributed by atoms with E-state index in [1.807, 2.05) is 26.1 Å². The second-order valence-corrected chi connectivity index (χ2v) is 5.77. The normalized spacial score (nSPS) is 14.9. The molecule has 19 heavy (non-hydrogen) atoms. The van der Waals surface area contributed by atoms with Crippen molar-refractivity contribution >= 4 is 15.9 Å². The number of nitrogens with two attached hydrogens (primary N) is 1. The molecule has 0 aliphatic rings. The zero-order valence-corrected chi connectivity index (χ0v) is 13.6. The van der Waals surface area contributed by atoms with E-state index in [0.717, 1.165) is 11.0 Å². The Morgan fingerprint density at radius 2 is 2.00 bits per heavy atom. The van der Waals surface area contributed by atoms with E-state index >= 15 is 0 Å². The second kappa shape index (κ2) is 7.36. The number of rotatable bonds is 7. The van der Waals surface area contributed by atoms with E-state index in [4.69, 9.17) is 15.2 Å². The van der Waals surface area contributed by atoms with Crippen molar-refractivity contribution < 1.29 is 9.47 Å². The summed E-state index contributed by atoms with van der Waals surface area (Å²) in [7, 11) is 5.29. The van der Waals surface area contributed by atoms with Crippen molar-refractivity contribution in [1.29, 1.82) is 0 Å². The first-order chi connectivity index (χ1) is 8.97. The molecule has 0 aliphatic carbocycles. The first-order valence-electron chi connectivity index (χ1n) is 6.19. The summed E-state index contributed by atoms with van der Waals surface area (Å²) in [5, 5.41) is 0. The number of hydrogen-bond acceptors (Lipinski definition) is 4. The summed E-state index contributed by atoms with van der Waals surface area (Å²) in [6.45, 7) is 3.27. The van der Waals surface area contributed by atoms with Crippen LogP contribution in [0.15, 0.2) is 28.7 Å². The second-order valence-electron chi connectivity index (χ2n) is 4.85. The Hall–Kier alpha value is -0.460. The van der Waals surface area contributed by atoms with Gasteiger partial charge in [0, 0.05) is 31.8 Å². The van der Waals surface area contributed by atoms with Gasteiger partial charge in [-0.25, -0.2) is 0 Å². The highest BCUT2D eigenvalue weighted by Gasteiger charge is 2.37. The van der Waals surface area contributed by atoms with E-state index in [2.05, 4.69) is 33.0 Å². The zero-order valence-electron chi connectivity index (χ0n) is 12.0. The lowest BCUT2D eigenvalue weighted by Gasteiger charge is -2.42. The van der Waals surface area contributed by atoms with Crippen molar-refractivity contribution in [3.05, 3.63) is 34.3 Å². The van der Waals surface area contributed by atoms with Crippen molar-refractivity contribution in [2.45, 2.75) is 25.3 Å². The van der Waals surface area contributed by atoms with Gasteiger partial charge in [0.2, 0.25) is 0 Å². The molecular weight excluding hydrogens is 308 g/mol. The lowest BCUT2D eigenvalue weighted by atomic mass is 9.98. The van der Waals surface area contributed by atoms with Crippen molar-refractivity contribution in [2.75, 3.05) is 27.8 Å². The molecule has 1 unspecified atom stereocenters. The number of halogens is 1. The number of benzene rings is 1. The lowest BCUT2D eigenvalue weighted by Crippen LogP contribution is -2.58. The van der Waals surface area contributed by atoms with Gasteiger partial charge < -0.3 is 15.2 Å². The molecule has 5 heteroatoms. The van der Waals surface area contributed by atoms with Crippen LogP contribution in [0.25, 0.3) is 0 Å². The average Bonchev–Trinajstić information content (AvgIpc) is 2.39. The van der Waals surface area contributed by atoms with Gasteiger partial charge in [0.25, 0.3) is 0 Å². The molecule has 4 nitrogen and oxygen atoms in total. The first-order valence-corrected chi connectivity index (χ1v) is 6.98. The Balaban J connectivity index is 2.87. The van der Waals surface area contributed by atoms with Crippen LogP contribution in [-0.4, -0.2) is 44.5 Å². The standard InChI is InChI=1S/C14H23BrN2O2/c1-14(10-16,13(18-3)19-4)17(2)9-11-6-5-7-12(15)8-11/h5-8,13H,9-10,16H2,1-4H3. The summed E-state index contributed by atoms with van der Waals surface area (Å²) < 4.78 is 11.8. The molecule has 0 amide bonds. The summed E-state index contributed by atoms with van der Waals surface area (Å²) in [4.78, 5) is 2.16. The summed E-state index contributed by atoms with van der Waals surface area (Å²) in [6.07, 6.45) is -0.366. The SMILES string of the molecule is COC(OC)C(C)(CN)N(C)Cc1cccc(Br)c1. The number of methoxy groups -OCH3 is 2. The van der Waals surface area contributed by atoms with Crippen LogP contribution in [0, 0.1) is 0 Å². The van der Waals surface area contributed by atoms with E-state index in [-0.39, 0.29) is 11.8 Å². The molecule has 0 spiro atoms. The summed E-state index contributed by atoms with van der Waals surface area (Å²) in [5.74, 6) is 0. The van der Waals surface area contributed by atoms with Crippen molar-refractivity contribution in [3.8, 4) is 0 Å². The van der Waals surface area contributed by atoms with E-state index in [9.17, 15) is 0 Å². The van der Waals surface area contributed by atoms with Crippen LogP contribution >= 0.6 is 15.9 Å². The number of hydrogen-bond donors (Lipinski definition) is 1. The van der Waals surface area contributed by atoms with Gasteiger partial charge in [-0.3, -0.25) is 4.90 Å². The zero-order chi connectivity index (χ0) is 14.5. The van der Waals surface area contributed by atoms with Gasteiger partial charge in [-0.05, 0) is 31.7 Å². The van der Waals surface area contributed by atoms with E-state index in [1.54, 1.807) is 14.2 Å². The third-order valence-electron chi connectivity index (χ3n) is 3.53. The first kappa shape index (κ1) is 16.6. The van der Waals surface area contributed by atoms with E-state index < -0.39 is 0 Å². The molecule has 0 radical (unpaired) electrons. The minimum atomic E-state index is -0.383. The lowest BCUT2D eigenvalue weighted by molar-refractivity contribution is -0.178. The van der Waals surface area contributed by atoms with Crippen LogP contribution in [-0.2, 0) is 16.0 Å². The largest absolute Gasteiger partial charge is 0.354 e. The van der Waals surface area contributed by atoms with Gasteiger partial charge in [-0.2, -0.15) is 0 Å². The molecule has 1 aromatic carbocycles. The number of ether oxygens (including phenoxy) is 2. The maximum atomic E-state index is 5.93. The van der Waals surface area contributed by atoms with Crippen LogP contribution in [0.4, 0.5) is 0 Å². The van der Waals surface area contributed by atoms with Gasteiger partial charge in [-0.15, -0.1) is 0 Å². The van der Waals surface area contributed by atoms with Crippen molar-refractivity contribution in [3.63, 3.8) is 0 Å². The molecule has 0 aromatic heterocycles. The molecule has 1 atom stereocenters. The van der Waals surface area contributed by atoms with Crippen LogP contribution in [0.5, 0.6) is 0 Å². The smallest absolute Gasteiger partial charge is 0.176 e. The van der Waals surface area contributed by atoms with Crippen molar-refractivity contribution in [2.24, 2.45) is 5.73 Å². The van der Waals surface area contributed by atoms with E-state index in [1.165, 1.54) is 5.56 Å². The van der Waals surface area contributed by atoms with Crippen molar-refractivity contribution in [1.82, 2.24) is 4.90 Å². The minimum Gasteiger partial charge on any atom is -0.354 e. The summed E-state index contributed by atoms with van der Waals surface area (Å²) in [6, 6.07) is 8.23. The predicted molar refractivity (Wildman–Crippen MR) is 80.9 cm³/mol. The molecule has 0 heterocycles. The molecule has 0 aliphatic heterocycles. The Bertz CT molecular complexity index is 399. The summed E-state index contributed by atoms with van der Waals surface area (Å²) >= 11 is 3.48. The molecule has 0 bridgehead atoms. The van der Waals surface area contributed by atoms with Gasteiger partial charge in [0.1, 0.15) is 0 Å². The number of likely N-dealkylation sites (N-methyl/N-ethyl adjacent to an activating group) is 1. The highest BCUT2D eigenvalue weighted by atomic mass is 79.9. The van der Waals surface area contributed by atoms with Crippen LogP contribution in [0.2, 0.25) is 0 Å². The molecule has 0 saturated heterocycles. The highest BCUT2D eigenvalue weighted by molar-refractivity contribution is 9.10. The molecule has 0 fully saturated rings. The average molecular weight is 331 g/mol. The molecule has 1 aromatic rings. The van der Waals surface area contributed by atoms with Gasteiger partial charge in [-0.1, -0.05) is 28.1 Å². The Morgan fingerprint density at radius 3 is 2.47 bits per heavy atom. The maximum absolute atomic E-state index is 5.93. The minimum absolute atomic E-state index is 0.366. The fourth-order valence-corrected chi connectivity index (χ4v) is 2.57. The van der Waals surface area contributed by atoms with E-state index in [0.29, 0.717) is 6.54 Å². The maximum Gasteiger partial charge on any atom is 0.176 e. The van der Waals surface area contributed by atoms with Gasteiger partial charge >= 0.3 is 0 Å². The van der Waals surface area contributed by atoms with Crippen LogP contribution in [0.1, 0.15) is 12.5 Å². The molecular formula is C14H23BrN2O2. The molecule has 0 saturated carbocycles. The highest BCUT2D eigenvalue weighted by Crippen LogP contribution is 2.23. The molecule has 108 valence electrons. The third-order valence-corrected chi connectivity index (χ3v) is 4.02. The molecule has 2 N–H and O–H groups in total. The summed E-state index contributed by atoms with van der Waals surface area (Å²) in [5.41, 5.74) is 6.76. The number of nitrogens with zero attached hydrogens (tertiary/aromatic N) is 1. The van der Waals surface area contributed by atoms with Crippen LogP contribution < -0.4 is 5.73 Å². The van der Waals surface area contributed by atoms with Crippen LogP contribution in [0.3, 0.4) is 0 Å². The topological polar surface area (TPSA) is 47.7 Å². The molecule has 1 rings (SSSR count). The fraction of sp³-hybridized carbons (Fsp3) is 0.571. The van der Waals surface area contributed by atoms with Gasteiger partial charge in [0.05, 0.1) is 5.54 Å². The third kappa shape index (κ3) is 4.00. The Kier molecular flexibility index (Phi) is 6.42. The monoisotopic (exact) mass is 330 g/mol. The Labute approximate surface area is 124 Å².